The lowest BCUT2D eigenvalue weighted by atomic mass is 9.97. The van der Waals surface area contributed by atoms with Gasteiger partial charge in [-0.15, -0.1) is 0 Å². The number of ether oxygens (including phenoxy) is 1. The second-order valence-electron chi connectivity index (χ2n) is 6.21. The molecule has 1 atom stereocenters. The molecule has 2 heterocycles. The number of nitrogens with one attached hydrogen (secondary N) is 1. The Kier molecular flexibility index (Phi) is 4.21. The zero-order valence-corrected chi connectivity index (χ0v) is 13.8. The van der Waals surface area contributed by atoms with Crippen LogP contribution in [0.15, 0.2) is 67.0 Å². The molecule has 0 spiro atoms. The Bertz CT molecular complexity index is 873. The maximum Gasteiger partial charge on any atom is 0.254 e. The smallest absolute Gasteiger partial charge is 0.254 e. The molecule has 0 aliphatic carbocycles. The Hall–Kier alpha value is -3.08. The monoisotopic (exact) mass is 333 g/mol. The van der Waals surface area contributed by atoms with Gasteiger partial charge in [0, 0.05) is 18.7 Å². The van der Waals surface area contributed by atoms with E-state index < -0.39 is 0 Å². The summed E-state index contributed by atoms with van der Waals surface area (Å²) >= 11 is 0. The minimum absolute atomic E-state index is 0.110. The highest BCUT2D eigenvalue weighted by molar-refractivity contribution is 5.93. The minimum atomic E-state index is -0.110. The Morgan fingerprint density at radius 3 is 2.84 bits per heavy atom. The Balaban J connectivity index is 1.36. The Morgan fingerprint density at radius 1 is 1.16 bits per heavy atom. The molecule has 1 aromatic heterocycles. The van der Waals surface area contributed by atoms with E-state index in [9.17, 15) is 4.79 Å². The van der Waals surface area contributed by atoms with Crippen LogP contribution in [-0.2, 0) is 6.42 Å². The topological polar surface area (TPSA) is 56.1 Å². The molecule has 1 unspecified atom stereocenters. The number of rotatable bonds is 4. The number of amides is 1. The highest BCUT2D eigenvalue weighted by Crippen LogP contribution is 2.26. The van der Waals surface area contributed by atoms with E-state index in [-0.39, 0.29) is 11.8 Å². The SMILES string of the molecule is O=C(NCC1COc2ccccc2C1)c1cnn(-c2ccccc2)c1. The Labute approximate surface area is 146 Å². The molecular weight excluding hydrogens is 314 g/mol. The molecular formula is C20H19N3O2. The van der Waals surface area contributed by atoms with Crippen LogP contribution in [-0.4, -0.2) is 28.8 Å². The molecule has 1 aliphatic rings. The van der Waals surface area contributed by atoms with Crippen molar-refractivity contribution in [3.05, 3.63) is 78.1 Å². The Morgan fingerprint density at radius 2 is 1.96 bits per heavy atom. The highest BCUT2D eigenvalue weighted by Gasteiger charge is 2.20. The first-order chi connectivity index (χ1) is 12.3. The van der Waals surface area contributed by atoms with Crippen LogP contribution in [0.2, 0.25) is 0 Å². The van der Waals surface area contributed by atoms with Crippen LogP contribution in [0.3, 0.4) is 0 Å². The molecule has 1 aliphatic heterocycles. The molecule has 0 bridgehead atoms. The fraction of sp³-hybridized carbons (Fsp3) is 0.200. The van der Waals surface area contributed by atoms with Crippen molar-refractivity contribution in [1.82, 2.24) is 15.1 Å². The van der Waals surface area contributed by atoms with Gasteiger partial charge in [-0.1, -0.05) is 36.4 Å². The lowest BCUT2D eigenvalue weighted by Gasteiger charge is -2.25. The predicted octanol–water partition coefficient (Wildman–Crippen LogP) is 2.85. The zero-order valence-electron chi connectivity index (χ0n) is 13.8. The van der Waals surface area contributed by atoms with Crippen molar-refractivity contribution in [2.24, 2.45) is 5.92 Å². The number of hydrogen-bond donors (Lipinski definition) is 1. The molecule has 0 radical (unpaired) electrons. The maximum atomic E-state index is 12.4. The fourth-order valence-corrected chi connectivity index (χ4v) is 3.02. The van der Waals surface area contributed by atoms with E-state index in [0.717, 1.165) is 17.9 Å². The predicted molar refractivity (Wildman–Crippen MR) is 95.0 cm³/mol. The van der Waals surface area contributed by atoms with Gasteiger partial charge in [0.2, 0.25) is 0 Å². The van der Waals surface area contributed by atoms with Crippen molar-refractivity contribution < 1.29 is 9.53 Å². The summed E-state index contributed by atoms with van der Waals surface area (Å²) in [4.78, 5) is 12.4. The number of aromatic nitrogens is 2. The van der Waals surface area contributed by atoms with Crippen LogP contribution in [0.1, 0.15) is 15.9 Å². The van der Waals surface area contributed by atoms with Gasteiger partial charge in [0.15, 0.2) is 0 Å². The van der Waals surface area contributed by atoms with Gasteiger partial charge in [0.05, 0.1) is 24.1 Å². The summed E-state index contributed by atoms with van der Waals surface area (Å²) in [6, 6.07) is 17.8. The van der Waals surface area contributed by atoms with Gasteiger partial charge in [-0.3, -0.25) is 4.79 Å². The zero-order chi connectivity index (χ0) is 17.1. The van der Waals surface area contributed by atoms with Crippen LogP contribution in [0, 0.1) is 5.92 Å². The molecule has 5 heteroatoms. The molecule has 3 aromatic rings. The quantitative estimate of drug-likeness (QED) is 0.799. The minimum Gasteiger partial charge on any atom is -0.493 e. The number of carbonyl (C=O) groups is 1. The molecule has 4 rings (SSSR count). The largest absolute Gasteiger partial charge is 0.493 e. The third-order valence-corrected chi connectivity index (χ3v) is 4.37. The van der Waals surface area contributed by atoms with Crippen molar-refractivity contribution in [2.75, 3.05) is 13.2 Å². The summed E-state index contributed by atoms with van der Waals surface area (Å²) in [6.07, 6.45) is 4.26. The number of para-hydroxylation sites is 2. The first-order valence-corrected chi connectivity index (χ1v) is 8.38. The van der Waals surface area contributed by atoms with E-state index in [0.29, 0.717) is 18.7 Å². The summed E-state index contributed by atoms with van der Waals surface area (Å²) in [6.45, 7) is 1.21. The molecule has 0 saturated carbocycles. The summed E-state index contributed by atoms with van der Waals surface area (Å²) in [5.74, 6) is 1.12. The van der Waals surface area contributed by atoms with Crippen LogP contribution in [0.4, 0.5) is 0 Å². The second-order valence-corrected chi connectivity index (χ2v) is 6.21. The number of hydrogen-bond acceptors (Lipinski definition) is 3. The second kappa shape index (κ2) is 6.81. The maximum absolute atomic E-state index is 12.4. The lowest BCUT2D eigenvalue weighted by molar-refractivity contribution is 0.0939. The van der Waals surface area contributed by atoms with Gasteiger partial charge in [-0.05, 0) is 30.2 Å². The van der Waals surface area contributed by atoms with E-state index >= 15 is 0 Å². The fourth-order valence-electron chi connectivity index (χ4n) is 3.02. The van der Waals surface area contributed by atoms with E-state index in [2.05, 4.69) is 16.5 Å². The normalized spacial score (nSPS) is 15.9. The number of carbonyl (C=O) groups excluding carboxylic acids is 1. The van der Waals surface area contributed by atoms with Crippen molar-refractivity contribution >= 4 is 5.91 Å². The molecule has 1 amide bonds. The first-order valence-electron chi connectivity index (χ1n) is 8.38. The highest BCUT2D eigenvalue weighted by atomic mass is 16.5. The van der Waals surface area contributed by atoms with Crippen molar-refractivity contribution in [2.45, 2.75) is 6.42 Å². The lowest BCUT2D eigenvalue weighted by Crippen LogP contribution is -2.34. The van der Waals surface area contributed by atoms with Crippen LogP contribution in [0.25, 0.3) is 5.69 Å². The molecule has 0 saturated heterocycles. The standard InChI is InChI=1S/C20H19N3O2/c24-20(17-12-22-23(13-17)18-7-2-1-3-8-18)21-11-15-10-16-6-4-5-9-19(16)25-14-15/h1-9,12-13,15H,10-11,14H2,(H,21,24). The van der Waals surface area contributed by atoms with Crippen LogP contribution in [0.5, 0.6) is 5.75 Å². The number of nitrogens with zero attached hydrogens (tertiary/aromatic N) is 2. The molecule has 2 aromatic carbocycles. The summed E-state index contributed by atoms with van der Waals surface area (Å²) in [5, 5.41) is 7.26. The molecule has 126 valence electrons. The third-order valence-electron chi connectivity index (χ3n) is 4.37. The van der Waals surface area contributed by atoms with Crippen molar-refractivity contribution in [3.8, 4) is 11.4 Å². The average molecular weight is 333 g/mol. The number of benzene rings is 2. The summed E-state index contributed by atoms with van der Waals surface area (Å²) < 4.78 is 7.47. The van der Waals surface area contributed by atoms with E-state index in [1.165, 1.54) is 5.56 Å². The molecule has 1 N–H and O–H groups in total. The number of fused-ring (bicyclic) bond motifs is 1. The van der Waals surface area contributed by atoms with E-state index in [1.807, 2.05) is 48.5 Å². The van der Waals surface area contributed by atoms with Crippen LogP contribution < -0.4 is 10.1 Å². The summed E-state index contributed by atoms with van der Waals surface area (Å²) in [5.41, 5.74) is 2.68. The van der Waals surface area contributed by atoms with Crippen molar-refractivity contribution in [1.29, 1.82) is 0 Å². The third kappa shape index (κ3) is 3.40. The molecule has 0 fully saturated rings. The van der Waals surface area contributed by atoms with E-state index in [1.54, 1.807) is 17.1 Å². The molecule has 5 nitrogen and oxygen atoms in total. The van der Waals surface area contributed by atoms with Gasteiger partial charge in [0.25, 0.3) is 5.91 Å². The first kappa shape index (κ1) is 15.4. The van der Waals surface area contributed by atoms with Crippen LogP contribution >= 0.6 is 0 Å². The average Bonchev–Trinajstić information content (AvgIpc) is 3.17. The van der Waals surface area contributed by atoms with Crippen molar-refractivity contribution in [3.63, 3.8) is 0 Å². The van der Waals surface area contributed by atoms with Gasteiger partial charge < -0.3 is 10.1 Å². The van der Waals surface area contributed by atoms with Gasteiger partial charge in [-0.25, -0.2) is 4.68 Å². The summed E-state index contributed by atoms with van der Waals surface area (Å²) in [7, 11) is 0. The molecule has 25 heavy (non-hydrogen) atoms. The van der Waals surface area contributed by atoms with E-state index in [4.69, 9.17) is 4.74 Å². The van der Waals surface area contributed by atoms with Gasteiger partial charge in [-0.2, -0.15) is 5.10 Å². The van der Waals surface area contributed by atoms with Gasteiger partial charge >= 0.3 is 0 Å². The van der Waals surface area contributed by atoms with Gasteiger partial charge in [0.1, 0.15) is 5.75 Å².